The first-order chi connectivity index (χ1) is 14.5. The molecule has 0 aliphatic heterocycles. The zero-order valence-electron chi connectivity index (χ0n) is 19.7. The van der Waals surface area contributed by atoms with Gasteiger partial charge in [-0.15, -0.1) is 0 Å². The van der Waals surface area contributed by atoms with E-state index in [-0.39, 0.29) is 34.9 Å². The van der Waals surface area contributed by atoms with Gasteiger partial charge in [0, 0.05) is 12.1 Å². The topological polar surface area (TPSA) is 86.6 Å². The second-order valence-corrected chi connectivity index (χ2v) is 10.2. The lowest BCUT2D eigenvalue weighted by Gasteiger charge is -2.17. The molecule has 0 saturated carbocycles. The summed E-state index contributed by atoms with van der Waals surface area (Å²) in [6, 6.07) is 1.49. The van der Waals surface area contributed by atoms with E-state index in [2.05, 4.69) is 38.1 Å². The molecule has 0 aliphatic rings. The number of phenols is 2. The average Bonchev–Trinajstić information content (AvgIpc) is 2.65. The maximum atomic E-state index is 13.0. The Labute approximate surface area is 188 Å². The molecule has 0 amide bonds. The van der Waals surface area contributed by atoms with Crippen LogP contribution in [-0.2, 0) is 22.9 Å². The van der Waals surface area contributed by atoms with Gasteiger partial charge in [0.05, 0.1) is 0 Å². The van der Waals surface area contributed by atoms with Gasteiger partial charge in [0.1, 0.15) is 16.4 Å². The maximum Gasteiger partial charge on any atom is 0.244 e. The molecule has 0 saturated heterocycles. The number of phenolic OH excluding ortho intramolecular Hbond substituents is 2. The summed E-state index contributed by atoms with van der Waals surface area (Å²) in [5, 5.41) is 21.5. The van der Waals surface area contributed by atoms with E-state index < -0.39 is 10.0 Å². The summed E-state index contributed by atoms with van der Waals surface area (Å²) in [6.45, 7) is 13.7. The van der Waals surface area contributed by atoms with Gasteiger partial charge in [-0.3, -0.25) is 0 Å². The van der Waals surface area contributed by atoms with Crippen LogP contribution in [0.3, 0.4) is 0 Å². The number of aryl methyl sites for hydroxylation is 1. The number of hydrogen-bond acceptors (Lipinski definition) is 4. The fraction of sp³-hybridized carbons (Fsp3) is 0.520. The van der Waals surface area contributed by atoms with Crippen molar-refractivity contribution < 1.29 is 18.6 Å². The third-order valence-electron chi connectivity index (χ3n) is 5.04. The molecule has 0 aliphatic carbocycles. The van der Waals surface area contributed by atoms with Crippen molar-refractivity contribution in [2.45, 2.75) is 84.5 Å². The van der Waals surface area contributed by atoms with Crippen molar-refractivity contribution in [1.29, 1.82) is 0 Å². The number of hydrogen-bond donors (Lipinski definition) is 3. The van der Waals surface area contributed by atoms with Gasteiger partial charge in [-0.25, -0.2) is 13.1 Å². The largest absolute Gasteiger partial charge is 0.508 e. The summed E-state index contributed by atoms with van der Waals surface area (Å²) >= 11 is 0. The zero-order valence-corrected chi connectivity index (χ0v) is 20.5. The Balaban J connectivity index is 3.32. The lowest BCUT2D eigenvalue weighted by Crippen LogP contribution is -2.26. The second-order valence-electron chi connectivity index (χ2n) is 8.52. The quantitative estimate of drug-likeness (QED) is 0.258. The van der Waals surface area contributed by atoms with Gasteiger partial charge >= 0.3 is 0 Å². The van der Waals surface area contributed by atoms with Gasteiger partial charge in [0.25, 0.3) is 0 Å². The first kappa shape index (κ1) is 27.0. The van der Waals surface area contributed by atoms with Crippen molar-refractivity contribution in [3.8, 4) is 11.5 Å². The van der Waals surface area contributed by atoms with Gasteiger partial charge in [-0.1, -0.05) is 55.2 Å². The molecule has 0 aromatic heterocycles. The van der Waals surface area contributed by atoms with Gasteiger partial charge in [0.15, 0.2) is 0 Å². The van der Waals surface area contributed by atoms with Crippen LogP contribution in [0.25, 0.3) is 0 Å². The van der Waals surface area contributed by atoms with Crippen LogP contribution in [0.4, 0.5) is 0 Å². The van der Waals surface area contributed by atoms with Gasteiger partial charge in [-0.2, -0.15) is 0 Å². The van der Waals surface area contributed by atoms with Crippen molar-refractivity contribution >= 4 is 10.0 Å². The van der Waals surface area contributed by atoms with E-state index in [1.807, 2.05) is 13.0 Å². The van der Waals surface area contributed by atoms with Crippen LogP contribution in [-0.4, -0.2) is 25.2 Å². The summed E-state index contributed by atoms with van der Waals surface area (Å²) in [4.78, 5) is -0.131. The van der Waals surface area contributed by atoms with Crippen LogP contribution >= 0.6 is 0 Å². The molecule has 0 fully saturated rings. The number of benzene rings is 1. The Kier molecular flexibility index (Phi) is 11.1. The minimum atomic E-state index is -3.96. The molecular weight excluding hydrogens is 410 g/mol. The summed E-state index contributed by atoms with van der Waals surface area (Å²) < 4.78 is 28.5. The molecule has 0 atom stereocenters. The molecule has 3 N–H and O–H groups in total. The Hall–Kier alpha value is -2.05. The minimum Gasteiger partial charge on any atom is -0.508 e. The third kappa shape index (κ3) is 8.91. The average molecular weight is 450 g/mol. The summed E-state index contributed by atoms with van der Waals surface area (Å²) in [7, 11) is -3.96. The normalized spacial score (nSPS) is 12.1. The number of aromatic hydroxyl groups is 2. The van der Waals surface area contributed by atoms with E-state index >= 15 is 0 Å². The van der Waals surface area contributed by atoms with Gasteiger partial charge < -0.3 is 10.2 Å². The fourth-order valence-electron chi connectivity index (χ4n) is 3.24. The summed E-state index contributed by atoms with van der Waals surface area (Å²) in [6.07, 6.45) is 9.32. The maximum absolute atomic E-state index is 13.0. The SMILES string of the molecule is C=C(C)CNS(=O)(=O)c1c(CCCCC)cc(O)c(C/C=C(\C)CCC=C(C)C)c1O. The highest BCUT2D eigenvalue weighted by atomic mass is 32.2. The molecule has 1 aromatic carbocycles. The molecule has 0 heterocycles. The monoisotopic (exact) mass is 449 g/mol. The Bertz CT molecular complexity index is 923. The van der Waals surface area contributed by atoms with E-state index in [1.165, 1.54) is 11.6 Å². The van der Waals surface area contributed by atoms with Crippen molar-refractivity contribution in [3.05, 3.63) is 52.6 Å². The highest BCUT2D eigenvalue weighted by molar-refractivity contribution is 7.89. The lowest BCUT2D eigenvalue weighted by atomic mass is 10.00. The molecule has 0 radical (unpaired) electrons. The highest BCUT2D eigenvalue weighted by Gasteiger charge is 2.26. The van der Waals surface area contributed by atoms with Crippen LogP contribution in [0.1, 0.15) is 77.8 Å². The molecule has 1 aromatic rings. The Morgan fingerprint density at radius 3 is 2.39 bits per heavy atom. The molecule has 0 bridgehead atoms. The van der Waals surface area contributed by atoms with E-state index in [4.69, 9.17) is 0 Å². The number of rotatable bonds is 13. The van der Waals surface area contributed by atoms with Crippen LogP contribution in [0, 0.1) is 0 Å². The molecular formula is C25H39NO4S. The van der Waals surface area contributed by atoms with Crippen molar-refractivity contribution in [2.24, 2.45) is 0 Å². The predicted octanol–water partition coefficient (Wildman–Crippen LogP) is 5.92. The number of unbranched alkanes of at least 4 members (excludes halogenated alkanes) is 2. The van der Waals surface area contributed by atoms with Crippen LogP contribution in [0.2, 0.25) is 0 Å². The van der Waals surface area contributed by atoms with E-state index in [0.29, 0.717) is 17.6 Å². The molecule has 0 spiro atoms. The van der Waals surface area contributed by atoms with Crippen molar-refractivity contribution in [2.75, 3.05) is 6.54 Å². The fourth-order valence-corrected chi connectivity index (χ4v) is 4.70. The smallest absolute Gasteiger partial charge is 0.244 e. The summed E-state index contributed by atoms with van der Waals surface area (Å²) in [5.74, 6) is -0.440. The highest BCUT2D eigenvalue weighted by Crippen LogP contribution is 2.38. The van der Waals surface area contributed by atoms with E-state index in [9.17, 15) is 18.6 Å². The molecule has 5 nitrogen and oxygen atoms in total. The summed E-state index contributed by atoms with van der Waals surface area (Å²) in [5.41, 5.74) is 3.72. The van der Waals surface area contributed by atoms with Crippen LogP contribution in [0.5, 0.6) is 11.5 Å². The van der Waals surface area contributed by atoms with Crippen molar-refractivity contribution in [3.63, 3.8) is 0 Å². The number of nitrogens with one attached hydrogen (secondary N) is 1. The third-order valence-corrected chi connectivity index (χ3v) is 6.56. The van der Waals surface area contributed by atoms with E-state index in [1.54, 1.807) is 6.92 Å². The molecule has 1 rings (SSSR count). The number of allylic oxidation sites excluding steroid dienone is 4. The Morgan fingerprint density at radius 2 is 1.81 bits per heavy atom. The van der Waals surface area contributed by atoms with E-state index in [0.717, 1.165) is 37.7 Å². The van der Waals surface area contributed by atoms with Gasteiger partial charge in [-0.05, 0) is 71.4 Å². The lowest BCUT2D eigenvalue weighted by molar-refractivity contribution is 0.426. The zero-order chi connectivity index (χ0) is 23.6. The first-order valence-corrected chi connectivity index (χ1v) is 12.5. The molecule has 0 unspecified atom stereocenters. The minimum absolute atomic E-state index is 0.0730. The second kappa shape index (κ2) is 12.7. The van der Waals surface area contributed by atoms with Gasteiger partial charge in [0.2, 0.25) is 10.0 Å². The standard InChI is InChI=1S/C25H39NO4S/c1-7-8-9-13-21-16-23(27)22(15-14-20(6)12-10-11-18(2)3)24(28)25(21)31(29,30)26-17-19(4)5/h11,14,16,26-28H,4,7-10,12-13,15,17H2,1-3,5-6H3/b20-14+. The molecule has 31 heavy (non-hydrogen) atoms. The molecule has 6 heteroatoms. The van der Waals surface area contributed by atoms with Crippen molar-refractivity contribution in [1.82, 2.24) is 4.72 Å². The first-order valence-electron chi connectivity index (χ1n) is 11.0. The molecule has 174 valence electrons. The Morgan fingerprint density at radius 1 is 1.13 bits per heavy atom. The number of sulfonamides is 1. The predicted molar refractivity (Wildman–Crippen MR) is 129 cm³/mol. The van der Waals surface area contributed by atoms with Crippen LogP contribution in [0.15, 0.2) is 46.4 Å². The van der Waals surface area contributed by atoms with Crippen LogP contribution < -0.4 is 4.72 Å².